The van der Waals surface area contributed by atoms with Crippen molar-refractivity contribution in [3.63, 3.8) is 0 Å². The summed E-state index contributed by atoms with van der Waals surface area (Å²) in [4.78, 5) is 23.4. The molecule has 0 N–H and O–H groups in total. The Morgan fingerprint density at radius 1 is 1.22 bits per heavy atom. The van der Waals surface area contributed by atoms with Crippen molar-refractivity contribution in [2.24, 2.45) is 11.8 Å². The number of fused-ring (bicyclic) bond motifs is 9. The molecule has 1 aliphatic heterocycles. The second-order valence-corrected chi connectivity index (χ2v) is 12.5. The maximum Gasteiger partial charge on any atom is 0.262 e. The third-order valence-corrected chi connectivity index (χ3v) is 10.9. The van der Waals surface area contributed by atoms with E-state index >= 15 is 0 Å². The predicted molar refractivity (Wildman–Crippen MR) is 142 cm³/mol. The van der Waals surface area contributed by atoms with E-state index in [1.165, 1.54) is 28.8 Å². The molecule has 0 radical (unpaired) electrons. The molecule has 6 nitrogen and oxygen atoms in total. The minimum Gasteiger partial charge on any atom is -0.497 e. The number of morpholine rings is 1. The summed E-state index contributed by atoms with van der Waals surface area (Å²) in [5, 5.41) is 0.920. The number of hydrogen-bond acceptors (Lipinski definition) is 6. The molecule has 190 valence electrons. The third-order valence-electron chi connectivity index (χ3n) is 9.81. The highest BCUT2D eigenvalue weighted by molar-refractivity contribution is 7.18. The topological polar surface area (TPSA) is 56.6 Å². The van der Waals surface area contributed by atoms with Crippen LogP contribution < -0.4 is 10.3 Å². The molecule has 2 fully saturated rings. The second kappa shape index (κ2) is 8.67. The predicted octanol–water partition coefficient (Wildman–Crippen LogP) is 4.37. The average molecular weight is 506 g/mol. The van der Waals surface area contributed by atoms with Crippen molar-refractivity contribution in [3.8, 4) is 5.75 Å². The maximum absolute atomic E-state index is 13.8. The van der Waals surface area contributed by atoms with Crippen LogP contribution in [-0.4, -0.2) is 54.4 Å². The lowest BCUT2D eigenvalue weighted by atomic mass is 9.55. The molecule has 1 aromatic carbocycles. The number of rotatable bonds is 4. The smallest absolute Gasteiger partial charge is 0.262 e. The first kappa shape index (κ1) is 22.9. The van der Waals surface area contributed by atoms with Gasteiger partial charge in [0.1, 0.15) is 10.6 Å². The molecule has 36 heavy (non-hydrogen) atoms. The van der Waals surface area contributed by atoms with E-state index in [2.05, 4.69) is 30.0 Å². The Bertz CT molecular complexity index is 1370. The van der Waals surface area contributed by atoms with Crippen LogP contribution in [0.2, 0.25) is 0 Å². The Morgan fingerprint density at radius 3 is 2.92 bits per heavy atom. The van der Waals surface area contributed by atoms with E-state index in [-0.39, 0.29) is 11.0 Å². The molecule has 0 unspecified atom stereocenters. The summed E-state index contributed by atoms with van der Waals surface area (Å²) >= 11 is 1.78. The second-order valence-electron chi connectivity index (χ2n) is 11.4. The monoisotopic (exact) mass is 505 g/mol. The molecule has 3 aromatic rings. The fourth-order valence-corrected chi connectivity index (χ4v) is 9.27. The van der Waals surface area contributed by atoms with Gasteiger partial charge in [-0.15, -0.1) is 11.3 Å². The molecule has 7 heteroatoms. The van der Waals surface area contributed by atoms with Gasteiger partial charge < -0.3 is 9.47 Å². The van der Waals surface area contributed by atoms with Crippen molar-refractivity contribution < 1.29 is 9.47 Å². The molecule has 0 spiro atoms. The van der Waals surface area contributed by atoms with Crippen LogP contribution in [0, 0.1) is 11.8 Å². The van der Waals surface area contributed by atoms with Gasteiger partial charge in [0.05, 0.1) is 32.0 Å². The summed E-state index contributed by atoms with van der Waals surface area (Å²) < 4.78 is 12.8. The highest BCUT2D eigenvalue weighted by Gasteiger charge is 2.54. The number of thiophene rings is 1. The van der Waals surface area contributed by atoms with Crippen LogP contribution >= 0.6 is 11.3 Å². The van der Waals surface area contributed by atoms with Crippen molar-refractivity contribution in [3.05, 3.63) is 56.4 Å². The summed E-state index contributed by atoms with van der Waals surface area (Å²) in [5.74, 6) is 2.89. The molecular weight excluding hydrogens is 470 g/mol. The van der Waals surface area contributed by atoms with E-state index in [9.17, 15) is 4.79 Å². The molecule has 4 aliphatic rings. The molecule has 1 saturated heterocycles. The van der Waals surface area contributed by atoms with Crippen LogP contribution in [0.1, 0.15) is 53.7 Å². The van der Waals surface area contributed by atoms with E-state index in [1.54, 1.807) is 30.3 Å². The Labute approximate surface area is 216 Å². The summed E-state index contributed by atoms with van der Waals surface area (Å²) in [6, 6.07) is 6.72. The van der Waals surface area contributed by atoms with Crippen LogP contribution in [-0.2, 0) is 29.5 Å². The summed E-state index contributed by atoms with van der Waals surface area (Å²) in [7, 11) is 1.76. The minimum absolute atomic E-state index is 0.0724. The van der Waals surface area contributed by atoms with Crippen molar-refractivity contribution in [2.45, 2.75) is 56.9 Å². The lowest BCUT2D eigenvalue weighted by Gasteiger charge is -2.49. The largest absolute Gasteiger partial charge is 0.497 e. The van der Waals surface area contributed by atoms with Crippen LogP contribution in [0.5, 0.6) is 5.75 Å². The van der Waals surface area contributed by atoms with Crippen molar-refractivity contribution >= 4 is 21.6 Å². The van der Waals surface area contributed by atoms with Crippen LogP contribution in [0.4, 0.5) is 0 Å². The maximum atomic E-state index is 13.8. The first-order valence-corrected chi connectivity index (χ1v) is 14.4. The third kappa shape index (κ3) is 3.42. The molecular formula is C29H35N3O3S. The number of nitrogens with zero attached hydrogens (tertiary/aromatic N) is 3. The molecule has 7 rings (SSSR count). The van der Waals surface area contributed by atoms with Crippen molar-refractivity contribution in [2.75, 3.05) is 40.0 Å². The Kier molecular flexibility index (Phi) is 5.53. The average Bonchev–Trinajstić information content (AvgIpc) is 3.43. The lowest BCUT2D eigenvalue weighted by Crippen LogP contribution is -2.43. The van der Waals surface area contributed by atoms with Gasteiger partial charge in [0.2, 0.25) is 0 Å². The molecule has 3 aliphatic carbocycles. The van der Waals surface area contributed by atoms with Crippen LogP contribution in [0.3, 0.4) is 0 Å². The van der Waals surface area contributed by atoms with Gasteiger partial charge in [0.15, 0.2) is 0 Å². The van der Waals surface area contributed by atoms with Crippen LogP contribution in [0.25, 0.3) is 10.2 Å². The molecule has 2 aromatic heterocycles. The fraction of sp³-hybridized carbons (Fsp3) is 0.586. The highest BCUT2D eigenvalue weighted by atomic mass is 32.1. The number of benzene rings is 1. The number of hydrogen-bond donors (Lipinski definition) is 0. The minimum atomic E-state index is 0.0724. The fourth-order valence-electron chi connectivity index (χ4n) is 7.95. The first-order chi connectivity index (χ1) is 17.6. The van der Waals surface area contributed by atoms with Gasteiger partial charge in [-0.25, -0.2) is 4.98 Å². The van der Waals surface area contributed by atoms with Crippen LogP contribution in [0.15, 0.2) is 29.3 Å². The number of methoxy groups -OCH3 is 1. The Hall–Kier alpha value is -2.22. The quantitative estimate of drug-likeness (QED) is 0.527. The number of aryl methyl sites for hydroxylation is 1. The van der Waals surface area contributed by atoms with Gasteiger partial charge in [0.25, 0.3) is 5.56 Å². The summed E-state index contributed by atoms with van der Waals surface area (Å²) in [6.07, 6.45) is 7.58. The van der Waals surface area contributed by atoms with E-state index in [0.29, 0.717) is 24.3 Å². The van der Waals surface area contributed by atoms with Gasteiger partial charge in [-0.2, -0.15) is 0 Å². The number of ether oxygens (including phenoxy) is 2. The number of aromatic nitrogens is 2. The van der Waals surface area contributed by atoms with Gasteiger partial charge in [-0.05, 0) is 84.1 Å². The van der Waals surface area contributed by atoms with Crippen molar-refractivity contribution in [1.82, 2.24) is 14.5 Å². The van der Waals surface area contributed by atoms with Gasteiger partial charge in [0, 0.05) is 31.1 Å². The zero-order valence-electron chi connectivity index (χ0n) is 21.3. The van der Waals surface area contributed by atoms with Gasteiger partial charge in [-0.1, -0.05) is 13.0 Å². The molecule has 0 bridgehead atoms. The molecule has 1 saturated carbocycles. The van der Waals surface area contributed by atoms with E-state index in [4.69, 9.17) is 14.5 Å². The lowest BCUT2D eigenvalue weighted by molar-refractivity contribution is 0.0362. The normalized spacial score (nSPS) is 29.4. The van der Waals surface area contributed by atoms with E-state index in [0.717, 1.165) is 68.1 Å². The van der Waals surface area contributed by atoms with E-state index < -0.39 is 0 Å². The molecule has 4 atom stereocenters. The van der Waals surface area contributed by atoms with Crippen molar-refractivity contribution in [1.29, 1.82) is 0 Å². The SMILES string of the molecule is COc1ccc2c(c1)CC[C@@H]1[C@@H]2CC[C@@]2(C)c3c(sc4ncn(CCN5CCOCC5)c(=O)c34)C[C@H]12. The summed E-state index contributed by atoms with van der Waals surface area (Å²) in [5.41, 5.74) is 4.61. The highest BCUT2D eigenvalue weighted by Crippen LogP contribution is 2.62. The van der Waals surface area contributed by atoms with Gasteiger partial charge >= 0.3 is 0 Å². The van der Waals surface area contributed by atoms with E-state index in [1.807, 2.05) is 4.57 Å². The zero-order chi connectivity index (χ0) is 24.4. The van der Waals surface area contributed by atoms with Gasteiger partial charge in [-0.3, -0.25) is 14.3 Å². The Balaban J connectivity index is 1.21. The summed E-state index contributed by atoms with van der Waals surface area (Å²) in [6.45, 7) is 7.47. The first-order valence-electron chi connectivity index (χ1n) is 13.5. The standard InChI is InChI=1S/C29H35N3O3S/c1-29-8-7-21-20-6-4-19(34-2)15-18(20)3-5-22(21)23(29)16-24-26(29)25-27(36-24)30-17-32(28(25)33)10-9-31-11-13-35-14-12-31/h4,6,15,17,21-23H,3,5,7-14,16H2,1-2H3/t21-,22-,23-,29-/m1/s1. The Morgan fingerprint density at radius 2 is 2.08 bits per heavy atom. The molecule has 0 amide bonds. The zero-order valence-corrected chi connectivity index (χ0v) is 22.1. The molecule has 3 heterocycles.